The van der Waals surface area contributed by atoms with Crippen LogP contribution in [-0.4, -0.2) is 46.8 Å². The molecule has 2 amide bonds. The van der Waals surface area contributed by atoms with E-state index in [9.17, 15) is 4.79 Å². The Morgan fingerprint density at radius 3 is 3.07 bits per heavy atom. The van der Waals surface area contributed by atoms with Crippen molar-refractivity contribution in [1.82, 2.24) is 20.3 Å². The Bertz CT molecular complexity index is 992. The molecule has 0 radical (unpaired) electrons. The number of nitrogens with one attached hydrogen (secondary N) is 3. The predicted molar refractivity (Wildman–Crippen MR) is 114 cm³/mol. The zero-order valence-electron chi connectivity index (χ0n) is 15.4. The highest BCUT2D eigenvalue weighted by Gasteiger charge is 2.17. The minimum atomic E-state index is -0.405. The van der Waals surface area contributed by atoms with Gasteiger partial charge in [0.05, 0.1) is 12.7 Å². The average Bonchev–Trinajstić information content (AvgIpc) is 3.19. The van der Waals surface area contributed by atoms with Crippen molar-refractivity contribution in [1.29, 1.82) is 0 Å². The number of hydrogen-bond donors (Lipinski definition) is 3. The highest BCUT2D eigenvalue weighted by molar-refractivity contribution is 7.13. The summed E-state index contributed by atoms with van der Waals surface area (Å²) in [5.41, 5.74) is 1.76. The third-order valence-electron chi connectivity index (χ3n) is 4.29. The molecule has 0 bridgehead atoms. The molecule has 1 unspecified atom stereocenters. The van der Waals surface area contributed by atoms with Crippen molar-refractivity contribution in [2.45, 2.75) is 12.5 Å². The molecule has 3 aromatic rings. The lowest BCUT2D eigenvalue weighted by Crippen LogP contribution is -2.39. The van der Waals surface area contributed by atoms with Crippen LogP contribution in [0.15, 0.2) is 42.0 Å². The average molecular weight is 431 g/mol. The molecule has 0 spiro atoms. The molecule has 29 heavy (non-hydrogen) atoms. The number of pyridine rings is 2. The molecule has 4 rings (SSSR count). The van der Waals surface area contributed by atoms with Crippen molar-refractivity contribution in [3.63, 3.8) is 0 Å². The lowest BCUT2D eigenvalue weighted by atomic mass is 10.1. The molecule has 10 heteroatoms. The summed E-state index contributed by atoms with van der Waals surface area (Å²) in [5.74, 6) is 0.961. The number of carbonyl (C=O) groups excluding carboxylic acids is 1. The van der Waals surface area contributed by atoms with Crippen molar-refractivity contribution < 1.29 is 9.53 Å². The fraction of sp³-hybridized carbons (Fsp3) is 0.263. The second kappa shape index (κ2) is 9.27. The first-order chi connectivity index (χ1) is 14.2. The molecule has 4 heterocycles. The number of anilines is 2. The van der Waals surface area contributed by atoms with Crippen molar-refractivity contribution in [2.75, 3.05) is 30.3 Å². The number of nitrogens with zero attached hydrogens (tertiary/aromatic N) is 3. The third kappa shape index (κ3) is 5.27. The van der Waals surface area contributed by atoms with Crippen molar-refractivity contribution >= 4 is 40.6 Å². The van der Waals surface area contributed by atoms with Gasteiger partial charge in [-0.15, -0.1) is 11.3 Å². The van der Waals surface area contributed by atoms with Gasteiger partial charge in [0.1, 0.15) is 21.8 Å². The molecule has 1 aliphatic rings. The number of urea groups is 1. The summed E-state index contributed by atoms with van der Waals surface area (Å²) in [6.45, 7) is 2.32. The van der Waals surface area contributed by atoms with Gasteiger partial charge < -0.3 is 10.1 Å². The van der Waals surface area contributed by atoms with E-state index in [1.807, 2.05) is 18.2 Å². The largest absolute Gasteiger partial charge is 0.375 e. The zero-order valence-corrected chi connectivity index (χ0v) is 17.0. The molecule has 1 atom stereocenters. The number of morpholine rings is 1. The number of halogens is 1. The van der Waals surface area contributed by atoms with Gasteiger partial charge in [-0.1, -0.05) is 17.7 Å². The van der Waals surface area contributed by atoms with E-state index in [2.05, 4.69) is 30.9 Å². The number of carbonyl (C=O) groups is 1. The third-order valence-corrected chi connectivity index (χ3v) is 5.39. The number of ether oxygens (including phenoxy) is 1. The lowest BCUT2D eigenvalue weighted by Gasteiger charge is -2.24. The molecule has 0 aromatic carbocycles. The van der Waals surface area contributed by atoms with Crippen LogP contribution in [0.25, 0.3) is 10.6 Å². The number of rotatable bonds is 5. The topological polar surface area (TPSA) is 101 Å². The number of aromatic nitrogens is 3. The second-order valence-electron chi connectivity index (χ2n) is 6.40. The molecular formula is C19H19ClN6O2S. The van der Waals surface area contributed by atoms with Gasteiger partial charge in [-0.05, 0) is 23.8 Å². The van der Waals surface area contributed by atoms with Crippen molar-refractivity contribution in [3.05, 3.63) is 52.8 Å². The van der Waals surface area contributed by atoms with Gasteiger partial charge in [0.15, 0.2) is 0 Å². The van der Waals surface area contributed by atoms with Gasteiger partial charge in [0.25, 0.3) is 0 Å². The first kappa shape index (κ1) is 19.7. The molecule has 1 saturated heterocycles. The van der Waals surface area contributed by atoms with Crippen LogP contribution in [0.3, 0.4) is 0 Å². The normalized spacial score (nSPS) is 16.4. The SMILES string of the molecule is O=C(Nc1csc(-c2ccnc(Cl)c2)n1)Nc1ncccc1CC1CNCCO1. The van der Waals surface area contributed by atoms with E-state index in [0.29, 0.717) is 29.8 Å². The van der Waals surface area contributed by atoms with E-state index in [4.69, 9.17) is 16.3 Å². The Morgan fingerprint density at radius 2 is 2.24 bits per heavy atom. The smallest absolute Gasteiger partial charge is 0.326 e. The molecule has 1 fully saturated rings. The zero-order chi connectivity index (χ0) is 20.1. The van der Waals surface area contributed by atoms with E-state index < -0.39 is 6.03 Å². The lowest BCUT2D eigenvalue weighted by molar-refractivity contribution is 0.0293. The van der Waals surface area contributed by atoms with Gasteiger partial charge in [-0.3, -0.25) is 10.6 Å². The summed E-state index contributed by atoms with van der Waals surface area (Å²) in [6, 6.07) is 6.93. The standard InChI is InChI=1S/C19H19ClN6O2S/c20-15-9-13(3-5-22-15)18-24-16(11-29-18)25-19(27)26-17-12(2-1-4-23-17)8-14-10-21-6-7-28-14/h1-5,9,11,14,21H,6-8,10H2,(H2,23,25,26,27). The Morgan fingerprint density at radius 1 is 1.31 bits per heavy atom. The molecular weight excluding hydrogens is 412 g/mol. The summed E-state index contributed by atoms with van der Waals surface area (Å²) in [5, 5.41) is 11.8. The summed E-state index contributed by atoms with van der Waals surface area (Å²) in [4.78, 5) is 25.1. The van der Waals surface area contributed by atoms with Crippen LogP contribution in [0.1, 0.15) is 5.56 Å². The molecule has 3 N–H and O–H groups in total. The van der Waals surface area contributed by atoms with Crippen LogP contribution in [0.2, 0.25) is 5.15 Å². The van der Waals surface area contributed by atoms with Crippen LogP contribution < -0.4 is 16.0 Å². The summed E-state index contributed by atoms with van der Waals surface area (Å²) < 4.78 is 5.75. The highest BCUT2D eigenvalue weighted by Crippen LogP contribution is 2.27. The maximum absolute atomic E-state index is 12.5. The Kier molecular flexibility index (Phi) is 6.30. The van der Waals surface area contributed by atoms with Crippen LogP contribution in [-0.2, 0) is 11.2 Å². The molecule has 150 valence electrons. The maximum atomic E-state index is 12.5. The Labute approximate surface area is 176 Å². The van der Waals surface area contributed by atoms with Gasteiger partial charge in [-0.2, -0.15) is 0 Å². The fourth-order valence-electron chi connectivity index (χ4n) is 2.97. The molecule has 0 aliphatic carbocycles. The van der Waals surface area contributed by atoms with E-state index in [-0.39, 0.29) is 6.10 Å². The number of hydrogen-bond acceptors (Lipinski definition) is 7. The van der Waals surface area contributed by atoms with Gasteiger partial charge in [-0.25, -0.2) is 19.7 Å². The summed E-state index contributed by atoms with van der Waals surface area (Å²) in [7, 11) is 0. The van der Waals surface area contributed by atoms with Crippen LogP contribution in [0, 0.1) is 0 Å². The van der Waals surface area contributed by atoms with Crippen molar-refractivity contribution in [2.24, 2.45) is 0 Å². The minimum Gasteiger partial charge on any atom is -0.375 e. The number of amides is 2. The summed E-state index contributed by atoms with van der Waals surface area (Å²) >= 11 is 7.33. The maximum Gasteiger partial charge on any atom is 0.326 e. The molecule has 1 aliphatic heterocycles. The van der Waals surface area contributed by atoms with E-state index in [1.54, 1.807) is 23.8 Å². The predicted octanol–water partition coefficient (Wildman–Crippen LogP) is 3.43. The van der Waals surface area contributed by atoms with E-state index >= 15 is 0 Å². The fourth-order valence-corrected chi connectivity index (χ4v) is 3.89. The second-order valence-corrected chi connectivity index (χ2v) is 7.64. The van der Waals surface area contributed by atoms with E-state index in [1.165, 1.54) is 11.3 Å². The van der Waals surface area contributed by atoms with Crippen LogP contribution in [0.4, 0.5) is 16.4 Å². The van der Waals surface area contributed by atoms with E-state index in [0.717, 1.165) is 29.2 Å². The van der Waals surface area contributed by atoms with Crippen LogP contribution in [0.5, 0.6) is 0 Å². The van der Waals surface area contributed by atoms with Crippen molar-refractivity contribution in [3.8, 4) is 10.6 Å². The highest BCUT2D eigenvalue weighted by atomic mass is 35.5. The Hall–Kier alpha value is -2.59. The van der Waals surface area contributed by atoms with Crippen LogP contribution >= 0.6 is 22.9 Å². The van der Waals surface area contributed by atoms with Gasteiger partial charge >= 0.3 is 6.03 Å². The first-order valence-electron chi connectivity index (χ1n) is 9.09. The molecule has 0 saturated carbocycles. The first-order valence-corrected chi connectivity index (χ1v) is 10.3. The van der Waals surface area contributed by atoms with Gasteiger partial charge in [0.2, 0.25) is 0 Å². The van der Waals surface area contributed by atoms with Gasteiger partial charge in [0, 0.05) is 42.8 Å². The molecule has 8 nitrogen and oxygen atoms in total. The Balaban J connectivity index is 1.40. The quantitative estimate of drug-likeness (QED) is 0.536. The number of thiazole rings is 1. The molecule has 3 aromatic heterocycles. The minimum absolute atomic E-state index is 0.0600. The summed E-state index contributed by atoms with van der Waals surface area (Å²) in [6.07, 6.45) is 3.99. The monoisotopic (exact) mass is 430 g/mol.